The van der Waals surface area contributed by atoms with Crippen LogP contribution in [0.4, 0.5) is 18.0 Å². The van der Waals surface area contributed by atoms with Crippen LogP contribution in [0.1, 0.15) is 63.3 Å². The number of hydrogen-bond donors (Lipinski definition) is 5. The standard InChI is InChI=1S/C36H46N4O6.C2HF3O2/c1-6-32(41)39-31(22-26-17-19-29(20-18-26)45-7-2)34(43)40-30(21-25-11-9-8-10-12-25)33(42)37-23-27-13-15-28(16-14-27)24-38-35(44)46-36(3,4)5;3-2(4,5)1(6)7/h8-20,30-31H,6-7,21-24H2,1-5H3,(H,37,42)(H,38,44)(H,39,41)(H,40,43);(H,6,7)/t30-,31+;/m0./s1. The Morgan fingerprint density at radius 2 is 1.15 bits per heavy atom. The fraction of sp³-hybridized carbons (Fsp3) is 0.395. The van der Waals surface area contributed by atoms with E-state index in [2.05, 4.69) is 21.3 Å². The van der Waals surface area contributed by atoms with E-state index in [0.29, 0.717) is 13.2 Å². The highest BCUT2D eigenvalue weighted by Crippen LogP contribution is 2.15. The van der Waals surface area contributed by atoms with Gasteiger partial charge in [0.15, 0.2) is 0 Å². The number of amides is 4. The van der Waals surface area contributed by atoms with E-state index in [1.54, 1.807) is 27.7 Å². The zero-order valence-electron chi connectivity index (χ0n) is 30.3. The molecule has 0 aromatic heterocycles. The maximum Gasteiger partial charge on any atom is 0.490 e. The molecule has 2 atom stereocenters. The minimum atomic E-state index is -5.08. The molecule has 3 rings (SSSR count). The van der Waals surface area contributed by atoms with Crippen molar-refractivity contribution < 1.29 is 51.7 Å². The summed E-state index contributed by atoms with van der Waals surface area (Å²) in [5, 5.41) is 18.5. The molecule has 12 nitrogen and oxygen atoms in total. The third-order valence-corrected chi connectivity index (χ3v) is 7.13. The van der Waals surface area contributed by atoms with Gasteiger partial charge in [0.05, 0.1) is 6.61 Å². The fourth-order valence-corrected chi connectivity index (χ4v) is 4.54. The molecule has 0 aliphatic heterocycles. The average Bonchev–Trinajstić information content (AvgIpc) is 3.10. The molecule has 0 spiro atoms. The Kier molecular flexibility index (Phi) is 17.3. The fourth-order valence-electron chi connectivity index (χ4n) is 4.54. The van der Waals surface area contributed by atoms with Crippen LogP contribution in [0.3, 0.4) is 0 Å². The minimum Gasteiger partial charge on any atom is -0.494 e. The molecule has 0 fully saturated rings. The second kappa shape index (κ2) is 21.1. The average molecular weight is 745 g/mol. The zero-order chi connectivity index (χ0) is 39.6. The van der Waals surface area contributed by atoms with Crippen LogP contribution >= 0.6 is 0 Å². The van der Waals surface area contributed by atoms with Crippen LogP contribution in [0.5, 0.6) is 5.75 Å². The normalized spacial score (nSPS) is 12.2. The topological polar surface area (TPSA) is 172 Å². The van der Waals surface area contributed by atoms with Crippen molar-refractivity contribution in [2.45, 2.75) is 90.8 Å². The molecule has 0 unspecified atom stereocenters. The van der Waals surface area contributed by atoms with Gasteiger partial charge >= 0.3 is 18.2 Å². The van der Waals surface area contributed by atoms with Gasteiger partial charge in [-0.2, -0.15) is 13.2 Å². The molecule has 3 aromatic rings. The van der Waals surface area contributed by atoms with Gasteiger partial charge in [-0.3, -0.25) is 14.4 Å². The van der Waals surface area contributed by atoms with E-state index >= 15 is 0 Å². The first kappa shape index (κ1) is 43.6. The van der Waals surface area contributed by atoms with Gasteiger partial charge in [0.25, 0.3) is 0 Å². The number of alkyl carbamates (subject to hydrolysis) is 1. The highest BCUT2D eigenvalue weighted by Gasteiger charge is 2.38. The number of halogens is 3. The molecule has 5 N–H and O–H groups in total. The van der Waals surface area contributed by atoms with Gasteiger partial charge in [-0.15, -0.1) is 0 Å². The molecule has 0 aliphatic carbocycles. The summed E-state index contributed by atoms with van der Waals surface area (Å²) in [6.07, 6.45) is -4.84. The van der Waals surface area contributed by atoms with Crippen LogP contribution in [0, 0.1) is 0 Å². The van der Waals surface area contributed by atoms with Crippen LogP contribution in [0.2, 0.25) is 0 Å². The molecule has 0 saturated heterocycles. The van der Waals surface area contributed by atoms with E-state index in [1.807, 2.05) is 85.8 Å². The van der Waals surface area contributed by atoms with Crippen molar-refractivity contribution in [2.24, 2.45) is 0 Å². The molecule has 0 heterocycles. The predicted molar refractivity (Wildman–Crippen MR) is 191 cm³/mol. The van der Waals surface area contributed by atoms with Crippen molar-refractivity contribution in [1.29, 1.82) is 0 Å². The van der Waals surface area contributed by atoms with Crippen LogP contribution in [0.15, 0.2) is 78.9 Å². The molecule has 288 valence electrons. The number of aliphatic carboxylic acids is 1. The number of carboxylic acids is 1. The number of carboxylic acid groups (broad SMARTS) is 1. The third-order valence-electron chi connectivity index (χ3n) is 7.13. The molecule has 0 bridgehead atoms. The van der Waals surface area contributed by atoms with Gasteiger partial charge in [0, 0.05) is 32.4 Å². The van der Waals surface area contributed by atoms with Crippen molar-refractivity contribution in [1.82, 2.24) is 21.3 Å². The van der Waals surface area contributed by atoms with E-state index in [1.165, 1.54) is 0 Å². The minimum absolute atomic E-state index is 0.219. The van der Waals surface area contributed by atoms with Crippen molar-refractivity contribution in [3.8, 4) is 5.75 Å². The summed E-state index contributed by atoms with van der Waals surface area (Å²) < 4.78 is 42.5. The monoisotopic (exact) mass is 744 g/mol. The van der Waals surface area contributed by atoms with E-state index in [9.17, 15) is 32.3 Å². The molecule has 15 heteroatoms. The number of benzene rings is 3. The summed E-state index contributed by atoms with van der Waals surface area (Å²) in [5.74, 6) is -3.10. The Hall–Kier alpha value is -5.60. The lowest BCUT2D eigenvalue weighted by molar-refractivity contribution is -0.192. The van der Waals surface area contributed by atoms with Crippen LogP contribution in [-0.4, -0.2) is 65.4 Å². The smallest absolute Gasteiger partial charge is 0.490 e. The molecular weight excluding hydrogens is 697 g/mol. The Labute approximate surface area is 306 Å². The van der Waals surface area contributed by atoms with Gasteiger partial charge in [-0.25, -0.2) is 9.59 Å². The number of rotatable bonds is 15. The first-order valence-electron chi connectivity index (χ1n) is 16.9. The van der Waals surface area contributed by atoms with Crippen molar-refractivity contribution in [2.75, 3.05) is 6.61 Å². The Morgan fingerprint density at radius 3 is 1.62 bits per heavy atom. The first-order valence-corrected chi connectivity index (χ1v) is 16.9. The highest BCUT2D eigenvalue weighted by molar-refractivity contribution is 5.92. The molecule has 0 radical (unpaired) electrons. The molecule has 0 aliphatic rings. The number of alkyl halides is 3. The predicted octanol–water partition coefficient (Wildman–Crippen LogP) is 5.22. The van der Waals surface area contributed by atoms with Crippen molar-refractivity contribution >= 4 is 29.8 Å². The zero-order valence-corrected chi connectivity index (χ0v) is 30.3. The van der Waals surface area contributed by atoms with Gasteiger partial charge in [-0.05, 0) is 62.1 Å². The number of hydrogen-bond acceptors (Lipinski definition) is 7. The lowest BCUT2D eigenvalue weighted by Gasteiger charge is -2.23. The summed E-state index contributed by atoms with van der Waals surface area (Å²) in [4.78, 5) is 60.3. The van der Waals surface area contributed by atoms with Crippen molar-refractivity contribution in [3.63, 3.8) is 0 Å². The summed E-state index contributed by atoms with van der Waals surface area (Å²) in [6.45, 7) is 10.1. The summed E-state index contributed by atoms with van der Waals surface area (Å²) in [7, 11) is 0. The lowest BCUT2D eigenvalue weighted by atomic mass is 10.0. The van der Waals surface area contributed by atoms with E-state index in [-0.39, 0.29) is 37.6 Å². The SMILES string of the molecule is CCOc1ccc(C[C@@H](NC(=O)CC)C(=O)N[C@@H](Cc2ccccc2)C(=O)NCc2ccc(CNC(=O)OC(C)(C)C)cc2)cc1.O=C(O)C(F)(F)F. The Morgan fingerprint density at radius 1 is 0.679 bits per heavy atom. The summed E-state index contributed by atoms with van der Waals surface area (Å²) in [5.41, 5.74) is 2.87. The number of ether oxygens (including phenoxy) is 2. The lowest BCUT2D eigenvalue weighted by Crippen LogP contribution is -2.55. The molecule has 3 aromatic carbocycles. The largest absolute Gasteiger partial charge is 0.494 e. The van der Waals surface area contributed by atoms with Crippen molar-refractivity contribution in [3.05, 3.63) is 101 Å². The van der Waals surface area contributed by atoms with E-state index in [0.717, 1.165) is 28.0 Å². The maximum absolute atomic E-state index is 13.6. The number of nitrogens with one attached hydrogen (secondary N) is 4. The quantitative estimate of drug-likeness (QED) is 0.141. The van der Waals surface area contributed by atoms with Crippen LogP contribution in [0.25, 0.3) is 0 Å². The molecule has 0 saturated carbocycles. The summed E-state index contributed by atoms with van der Waals surface area (Å²) in [6, 6.07) is 22.5. The van der Waals surface area contributed by atoms with Gasteiger partial charge in [0.1, 0.15) is 23.4 Å². The van der Waals surface area contributed by atoms with Gasteiger partial charge in [0.2, 0.25) is 17.7 Å². The second-order valence-corrected chi connectivity index (χ2v) is 12.7. The van der Waals surface area contributed by atoms with Gasteiger partial charge in [-0.1, -0.05) is 73.7 Å². The highest BCUT2D eigenvalue weighted by atomic mass is 19.4. The van der Waals surface area contributed by atoms with E-state index < -0.39 is 41.8 Å². The third kappa shape index (κ3) is 17.5. The van der Waals surface area contributed by atoms with Crippen LogP contribution < -0.4 is 26.0 Å². The maximum atomic E-state index is 13.6. The Bertz CT molecular complexity index is 1630. The number of carbonyl (C=O) groups excluding carboxylic acids is 4. The van der Waals surface area contributed by atoms with Crippen LogP contribution in [-0.2, 0) is 49.8 Å². The Balaban J connectivity index is 0.00000126. The van der Waals surface area contributed by atoms with E-state index in [4.69, 9.17) is 19.4 Å². The molecular formula is C38H47F3N4O8. The second-order valence-electron chi connectivity index (χ2n) is 12.7. The number of carbonyl (C=O) groups is 5. The summed E-state index contributed by atoms with van der Waals surface area (Å²) >= 11 is 0. The molecule has 4 amide bonds. The van der Waals surface area contributed by atoms with Gasteiger partial charge < -0.3 is 35.8 Å². The first-order chi connectivity index (χ1) is 24.9. The molecule has 53 heavy (non-hydrogen) atoms.